The van der Waals surface area contributed by atoms with Crippen molar-refractivity contribution in [2.75, 3.05) is 26.2 Å². The van der Waals surface area contributed by atoms with Gasteiger partial charge in [0.1, 0.15) is 5.60 Å². The van der Waals surface area contributed by atoms with Crippen LogP contribution in [-0.4, -0.2) is 68.5 Å². The molecule has 0 aliphatic carbocycles. The van der Waals surface area contributed by atoms with Crippen LogP contribution in [0, 0.1) is 5.82 Å². The average molecular weight is 579 g/mol. The Hall–Kier alpha value is -1.85. The van der Waals surface area contributed by atoms with E-state index in [9.17, 15) is 22.4 Å². The second kappa shape index (κ2) is 13.2. The van der Waals surface area contributed by atoms with E-state index in [4.69, 9.17) is 9.16 Å². The zero-order valence-electron chi connectivity index (χ0n) is 24.8. The summed E-state index contributed by atoms with van der Waals surface area (Å²) < 4.78 is 68.2. The van der Waals surface area contributed by atoms with Gasteiger partial charge in [-0.1, -0.05) is 47.6 Å². The van der Waals surface area contributed by atoms with E-state index in [1.54, 1.807) is 4.90 Å². The first-order valence-electron chi connectivity index (χ1n) is 13.8. The summed E-state index contributed by atoms with van der Waals surface area (Å²) in [5, 5.41) is 0. The molecule has 0 spiro atoms. The summed E-state index contributed by atoms with van der Waals surface area (Å²) in [7, 11) is -2.09. The maximum absolute atomic E-state index is 14.4. The number of halogens is 4. The number of carbonyl (C=O) groups is 1. The van der Waals surface area contributed by atoms with Crippen molar-refractivity contribution in [3.05, 3.63) is 29.6 Å². The van der Waals surface area contributed by atoms with Crippen LogP contribution in [0.3, 0.4) is 0 Å². The summed E-state index contributed by atoms with van der Waals surface area (Å²) in [5.74, 6) is -1.93. The van der Waals surface area contributed by atoms with Crippen LogP contribution in [0.25, 0.3) is 0 Å². The number of hydrogen-bond acceptors (Lipinski definition) is 5. The maximum Gasteiger partial charge on any atom is 0.573 e. The van der Waals surface area contributed by atoms with Crippen LogP contribution in [0.4, 0.5) is 22.4 Å². The summed E-state index contributed by atoms with van der Waals surface area (Å²) in [5.41, 5.74) is 1.19. The van der Waals surface area contributed by atoms with Gasteiger partial charge < -0.3 is 18.8 Å². The number of rotatable bonds is 10. The lowest BCUT2D eigenvalue weighted by atomic mass is 10.1. The number of ether oxygens (including phenoxy) is 2. The summed E-state index contributed by atoms with van der Waals surface area (Å²) >= 11 is 0. The highest BCUT2D eigenvalue weighted by atomic mass is 28.4. The molecule has 0 radical (unpaired) electrons. The molecule has 1 saturated heterocycles. The van der Waals surface area contributed by atoms with Gasteiger partial charge >= 0.3 is 12.5 Å². The molecule has 1 aliphatic rings. The van der Waals surface area contributed by atoms with E-state index in [-0.39, 0.29) is 12.1 Å². The second-order valence-electron chi connectivity index (χ2n) is 12.3. The van der Waals surface area contributed by atoms with Gasteiger partial charge in [0.25, 0.3) is 0 Å². The summed E-state index contributed by atoms with van der Waals surface area (Å²) in [6.07, 6.45) is -4.70. The van der Waals surface area contributed by atoms with Gasteiger partial charge in [-0.15, -0.1) is 13.2 Å². The molecule has 1 heterocycles. The predicted molar refractivity (Wildman–Crippen MR) is 147 cm³/mol. The van der Waals surface area contributed by atoms with Gasteiger partial charge in [0.15, 0.2) is 19.9 Å². The first kappa shape index (κ1) is 33.4. The first-order chi connectivity index (χ1) is 17.9. The number of amides is 1. The van der Waals surface area contributed by atoms with Gasteiger partial charge in [-0.25, -0.2) is 9.18 Å². The van der Waals surface area contributed by atoms with Crippen molar-refractivity contribution in [2.45, 2.75) is 110 Å². The standard InChI is InChI=1S/C28H46F4N2O4Si/c1-19(2)39(20(3)4,21(5)6)36-15-12-23-18-34(26(35)38-27(7,8)9)14-13-33(23)17-22-10-11-25(24(29)16-22)37-28(30,31)32/h10-11,16,19-21,23H,12-15,17-18H2,1-9H3/t23-/m0/s1. The molecule has 0 aromatic heterocycles. The number of nitrogens with zero attached hydrogens (tertiary/aromatic N) is 2. The van der Waals surface area contributed by atoms with Gasteiger partial charge in [-0.2, -0.15) is 0 Å². The van der Waals surface area contributed by atoms with E-state index in [0.717, 1.165) is 12.1 Å². The van der Waals surface area contributed by atoms with Gasteiger partial charge in [0.05, 0.1) is 0 Å². The minimum atomic E-state index is -4.97. The molecule has 6 nitrogen and oxygen atoms in total. The average Bonchev–Trinajstić information content (AvgIpc) is 2.76. The molecule has 11 heteroatoms. The fraction of sp³-hybridized carbons (Fsp3) is 0.750. The molecule has 1 aromatic carbocycles. The normalized spacial score (nSPS) is 17.8. The largest absolute Gasteiger partial charge is 0.573 e. The molecule has 1 atom stereocenters. The molecule has 1 amide bonds. The third kappa shape index (κ3) is 9.35. The zero-order chi connectivity index (χ0) is 29.8. The first-order valence-corrected chi connectivity index (χ1v) is 15.9. The lowest BCUT2D eigenvalue weighted by molar-refractivity contribution is -0.275. The fourth-order valence-electron chi connectivity index (χ4n) is 5.82. The fourth-order valence-corrected chi connectivity index (χ4v) is 11.3. The van der Waals surface area contributed by atoms with Gasteiger partial charge in [0.2, 0.25) is 0 Å². The topological polar surface area (TPSA) is 51.2 Å². The quantitative estimate of drug-likeness (QED) is 0.210. The Morgan fingerprint density at radius 3 is 2.10 bits per heavy atom. The third-order valence-corrected chi connectivity index (χ3v) is 13.5. The van der Waals surface area contributed by atoms with E-state index < -0.39 is 31.8 Å². The van der Waals surface area contributed by atoms with Crippen molar-refractivity contribution in [1.29, 1.82) is 0 Å². The summed E-state index contributed by atoms with van der Waals surface area (Å²) in [6, 6.07) is 3.41. The molecular weight excluding hydrogens is 532 g/mol. The number of hydrogen-bond donors (Lipinski definition) is 0. The molecular formula is C28H46F4N2O4Si. The molecule has 0 N–H and O–H groups in total. The molecule has 224 valence electrons. The van der Waals surface area contributed by atoms with Gasteiger partial charge in [-0.05, 0) is 61.5 Å². The van der Waals surface area contributed by atoms with Crippen molar-refractivity contribution in [3.8, 4) is 5.75 Å². The van der Waals surface area contributed by atoms with Crippen LogP contribution in [0.1, 0.15) is 74.3 Å². The highest BCUT2D eigenvalue weighted by Gasteiger charge is 2.45. The number of benzene rings is 1. The number of alkyl halides is 3. The van der Waals surface area contributed by atoms with Gasteiger partial charge in [0, 0.05) is 38.8 Å². The SMILES string of the molecule is CC(C)[Si](OCC[C@H]1CN(C(=O)OC(C)(C)C)CCN1Cc1ccc(OC(F)(F)F)c(F)c1)(C(C)C)C(C)C. The van der Waals surface area contributed by atoms with Crippen LogP contribution < -0.4 is 4.74 Å². The van der Waals surface area contributed by atoms with Crippen LogP contribution in [0.2, 0.25) is 16.6 Å². The Kier molecular flexibility index (Phi) is 11.3. The number of piperazine rings is 1. The van der Waals surface area contributed by atoms with E-state index in [2.05, 4.69) is 51.2 Å². The molecule has 1 aliphatic heterocycles. The lowest BCUT2D eigenvalue weighted by Gasteiger charge is -2.44. The smallest absolute Gasteiger partial charge is 0.444 e. The van der Waals surface area contributed by atoms with E-state index >= 15 is 0 Å². The highest BCUT2D eigenvalue weighted by molar-refractivity contribution is 6.77. The zero-order valence-corrected chi connectivity index (χ0v) is 25.8. The van der Waals surface area contributed by atoms with Crippen LogP contribution >= 0.6 is 0 Å². The molecule has 1 fully saturated rings. The highest BCUT2D eigenvalue weighted by Crippen LogP contribution is 2.42. The van der Waals surface area contributed by atoms with Crippen LogP contribution in [0.5, 0.6) is 5.75 Å². The Morgan fingerprint density at radius 2 is 1.62 bits per heavy atom. The van der Waals surface area contributed by atoms with Crippen LogP contribution in [-0.2, 0) is 15.7 Å². The van der Waals surface area contributed by atoms with E-state index in [0.29, 0.717) is 61.4 Å². The minimum absolute atomic E-state index is 0.0985. The Balaban J connectivity index is 2.22. The maximum atomic E-state index is 14.4. The van der Waals surface area contributed by atoms with Crippen molar-refractivity contribution in [2.24, 2.45) is 0 Å². The molecule has 0 bridgehead atoms. The second-order valence-corrected chi connectivity index (χ2v) is 17.8. The molecule has 39 heavy (non-hydrogen) atoms. The third-order valence-electron chi connectivity index (χ3n) is 7.37. The lowest BCUT2D eigenvalue weighted by Crippen LogP contribution is -2.56. The van der Waals surface area contributed by atoms with Crippen molar-refractivity contribution < 1.29 is 36.3 Å². The van der Waals surface area contributed by atoms with E-state index in [1.807, 2.05) is 20.8 Å². The Bertz CT molecular complexity index is 929. The Labute approximate surface area is 232 Å². The molecule has 0 unspecified atom stereocenters. The van der Waals surface area contributed by atoms with Crippen molar-refractivity contribution in [3.63, 3.8) is 0 Å². The molecule has 0 saturated carbocycles. The van der Waals surface area contributed by atoms with Gasteiger partial charge in [-0.3, -0.25) is 4.90 Å². The van der Waals surface area contributed by atoms with Crippen molar-refractivity contribution >= 4 is 14.4 Å². The van der Waals surface area contributed by atoms with Crippen LogP contribution in [0.15, 0.2) is 18.2 Å². The summed E-state index contributed by atoms with van der Waals surface area (Å²) in [6.45, 7) is 21.0. The van der Waals surface area contributed by atoms with E-state index in [1.165, 1.54) is 6.07 Å². The number of carbonyl (C=O) groups excluding carboxylic acids is 1. The minimum Gasteiger partial charge on any atom is -0.444 e. The molecule has 2 rings (SSSR count). The van der Waals surface area contributed by atoms with Crippen molar-refractivity contribution in [1.82, 2.24) is 9.80 Å². The summed E-state index contributed by atoms with van der Waals surface area (Å²) in [4.78, 5) is 16.6. The molecule has 1 aromatic rings. The monoisotopic (exact) mass is 578 g/mol. The Morgan fingerprint density at radius 1 is 1.03 bits per heavy atom. The predicted octanol–water partition coefficient (Wildman–Crippen LogP) is 7.73.